The van der Waals surface area contributed by atoms with Crippen LogP contribution in [0.3, 0.4) is 0 Å². The maximum absolute atomic E-state index is 14.0. The summed E-state index contributed by atoms with van der Waals surface area (Å²) in [6.07, 6.45) is 0. The number of carbonyl (C=O) groups is 1. The van der Waals surface area contributed by atoms with Crippen LogP contribution in [0.5, 0.6) is 0 Å². The van der Waals surface area contributed by atoms with Gasteiger partial charge in [-0.25, -0.2) is 12.8 Å². The summed E-state index contributed by atoms with van der Waals surface area (Å²) in [5.74, 6) is -1.39. The topological polar surface area (TPSA) is 66.5 Å². The monoisotopic (exact) mass is 480 g/mol. The Hall–Kier alpha value is -2.61. The molecule has 0 heterocycles. The van der Waals surface area contributed by atoms with Crippen LogP contribution < -0.4 is 9.62 Å². The molecular weight excluding hydrogens is 462 g/mol. The van der Waals surface area contributed by atoms with Crippen molar-refractivity contribution in [2.75, 3.05) is 16.2 Å². The van der Waals surface area contributed by atoms with Gasteiger partial charge in [0.1, 0.15) is 10.7 Å². The predicted molar refractivity (Wildman–Crippen MR) is 122 cm³/mol. The zero-order valence-corrected chi connectivity index (χ0v) is 19.0. The van der Waals surface area contributed by atoms with E-state index in [1.54, 1.807) is 50.2 Å². The fourth-order valence-electron chi connectivity index (χ4n) is 3.03. The number of carbonyl (C=O) groups excluding carboxylic acids is 1. The number of hydrogen-bond acceptors (Lipinski definition) is 3. The van der Waals surface area contributed by atoms with Crippen LogP contribution in [0, 0.1) is 12.7 Å². The lowest BCUT2D eigenvalue weighted by molar-refractivity contribution is 0.102. The number of para-hydroxylation sites is 1. The number of benzene rings is 3. The zero-order chi connectivity index (χ0) is 22.8. The number of halogens is 3. The van der Waals surface area contributed by atoms with Gasteiger partial charge in [0.25, 0.3) is 15.9 Å². The Morgan fingerprint density at radius 3 is 2.35 bits per heavy atom. The van der Waals surface area contributed by atoms with Gasteiger partial charge in [0, 0.05) is 6.54 Å². The third-order valence-electron chi connectivity index (χ3n) is 4.54. The van der Waals surface area contributed by atoms with Crippen LogP contribution in [0.4, 0.5) is 15.8 Å². The van der Waals surface area contributed by atoms with E-state index in [-0.39, 0.29) is 32.7 Å². The van der Waals surface area contributed by atoms with Gasteiger partial charge in [0.2, 0.25) is 0 Å². The lowest BCUT2D eigenvalue weighted by Crippen LogP contribution is -2.31. The highest BCUT2D eigenvalue weighted by atomic mass is 35.5. The number of nitrogens with one attached hydrogen (secondary N) is 1. The molecule has 0 atom stereocenters. The summed E-state index contributed by atoms with van der Waals surface area (Å²) < 4.78 is 41.9. The van der Waals surface area contributed by atoms with Crippen LogP contribution in [0.1, 0.15) is 22.8 Å². The van der Waals surface area contributed by atoms with Crippen LogP contribution >= 0.6 is 23.2 Å². The zero-order valence-electron chi connectivity index (χ0n) is 16.7. The van der Waals surface area contributed by atoms with E-state index in [0.29, 0.717) is 5.69 Å². The molecule has 1 amide bonds. The standard InChI is InChI=1S/C22H19Cl2FN2O3S/c1-3-27(15-7-5-4-6-8-15)31(29,30)21-12-16(17(23)13-18(21)24)22(28)26-20-11-14(2)9-10-19(20)25/h4-13H,3H2,1-2H3,(H,26,28). The Balaban J connectivity index is 2.04. The van der Waals surface area contributed by atoms with Gasteiger partial charge in [0.05, 0.1) is 27.0 Å². The largest absolute Gasteiger partial charge is 0.319 e. The molecule has 3 rings (SSSR count). The molecule has 0 radical (unpaired) electrons. The molecule has 0 saturated carbocycles. The van der Waals surface area contributed by atoms with Crippen molar-refractivity contribution < 1.29 is 17.6 Å². The van der Waals surface area contributed by atoms with Gasteiger partial charge < -0.3 is 5.32 Å². The number of aryl methyl sites for hydroxylation is 1. The molecule has 0 aliphatic carbocycles. The molecular formula is C22H19Cl2FN2O3S. The van der Waals surface area contributed by atoms with Gasteiger partial charge in [-0.05, 0) is 55.8 Å². The third-order valence-corrected chi connectivity index (χ3v) is 7.22. The van der Waals surface area contributed by atoms with Gasteiger partial charge in [-0.3, -0.25) is 9.10 Å². The van der Waals surface area contributed by atoms with Crippen molar-refractivity contribution in [3.05, 3.63) is 87.7 Å². The highest BCUT2D eigenvalue weighted by Gasteiger charge is 2.28. The van der Waals surface area contributed by atoms with Crippen LogP contribution in [0.2, 0.25) is 10.0 Å². The molecule has 0 fully saturated rings. The maximum atomic E-state index is 14.0. The summed E-state index contributed by atoms with van der Waals surface area (Å²) in [4.78, 5) is 12.5. The quantitative estimate of drug-likeness (QED) is 0.476. The molecule has 162 valence electrons. The van der Waals surface area contributed by atoms with Gasteiger partial charge in [0.15, 0.2) is 0 Å². The summed E-state index contributed by atoms with van der Waals surface area (Å²) >= 11 is 12.4. The van der Waals surface area contributed by atoms with Crippen molar-refractivity contribution in [2.24, 2.45) is 0 Å². The number of anilines is 2. The molecule has 3 aromatic carbocycles. The molecule has 0 saturated heterocycles. The lowest BCUT2D eigenvalue weighted by Gasteiger charge is -2.24. The molecule has 0 aliphatic heterocycles. The van der Waals surface area contributed by atoms with E-state index in [1.807, 2.05) is 0 Å². The first-order valence-electron chi connectivity index (χ1n) is 9.29. The summed E-state index contributed by atoms with van der Waals surface area (Å²) in [6.45, 7) is 3.57. The second kappa shape index (κ2) is 9.26. The van der Waals surface area contributed by atoms with Crippen molar-refractivity contribution in [1.82, 2.24) is 0 Å². The first-order valence-corrected chi connectivity index (χ1v) is 11.5. The van der Waals surface area contributed by atoms with Crippen LogP contribution in [-0.4, -0.2) is 20.9 Å². The second-order valence-corrected chi connectivity index (χ2v) is 9.35. The van der Waals surface area contributed by atoms with Crippen LogP contribution in [-0.2, 0) is 10.0 Å². The van der Waals surface area contributed by atoms with E-state index >= 15 is 0 Å². The molecule has 0 aromatic heterocycles. The molecule has 5 nitrogen and oxygen atoms in total. The molecule has 0 spiro atoms. The van der Waals surface area contributed by atoms with E-state index < -0.39 is 21.7 Å². The van der Waals surface area contributed by atoms with Crippen LogP contribution in [0.15, 0.2) is 65.6 Å². The molecule has 1 N–H and O–H groups in total. The first-order chi connectivity index (χ1) is 14.6. The number of sulfonamides is 1. The van der Waals surface area contributed by atoms with Crippen molar-refractivity contribution in [3.63, 3.8) is 0 Å². The number of rotatable bonds is 6. The van der Waals surface area contributed by atoms with Gasteiger partial charge in [-0.15, -0.1) is 0 Å². The minimum absolute atomic E-state index is 0.0418. The van der Waals surface area contributed by atoms with Crippen LogP contribution in [0.25, 0.3) is 0 Å². The molecule has 0 bridgehead atoms. The Bertz CT molecular complexity index is 1240. The number of hydrogen-bond donors (Lipinski definition) is 1. The summed E-state index contributed by atoms with van der Waals surface area (Å²) in [5, 5.41) is 2.25. The Morgan fingerprint density at radius 2 is 1.71 bits per heavy atom. The molecule has 0 unspecified atom stereocenters. The fraction of sp³-hybridized carbons (Fsp3) is 0.136. The first kappa shape index (κ1) is 23.1. The minimum atomic E-state index is -4.11. The lowest BCUT2D eigenvalue weighted by atomic mass is 10.1. The summed E-state index contributed by atoms with van der Waals surface area (Å²) in [7, 11) is -4.11. The molecule has 0 aliphatic rings. The molecule has 9 heteroatoms. The highest BCUT2D eigenvalue weighted by Crippen LogP contribution is 2.33. The van der Waals surface area contributed by atoms with Crippen molar-refractivity contribution in [2.45, 2.75) is 18.7 Å². The Morgan fingerprint density at radius 1 is 1.03 bits per heavy atom. The third kappa shape index (κ3) is 4.84. The summed E-state index contributed by atoms with van der Waals surface area (Å²) in [6, 6.07) is 15.0. The molecule has 3 aromatic rings. The summed E-state index contributed by atoms with van der Waals surface area (Å²) in [5.41, 5.74) is 1.00. The van der Waals surface area contributed by atoms with E-state index in [9.17, 15) is 17.6 Å². The maximum Gasteiger partial charge on any atom is 0.265 e. The van der Waals surface area contributed by atoms with Gasteiger partial charge >= 0.3 is 0 Å². The van der Waals surface area contributed by atoms with E-state index in [4.69, 9.17) is 23.2 Å². The van der Waals surface area contributed by atoms with E-state index in [2.05, 4.69) is 5.32 Å². The number of nitrogens with zero attached hydrogens (tertiary/aromatic N) is 1. The minimum Gasteiger partial charge on any atom is -0.319 e. The van der Waals surface area contributed by atoms with Gasteiger partial charge in [-0.2, -0.15) is 0 Å². The Kier molecular flexibility index (Phi) is 6.89. The number of amides is 1. The average molecular weight is 481 g/mol. The van der Waals surface area contributed by atoms with Gasteiger partial charge in [-0.1, -0.05) is 47.5 Å². The van der Waals surface area contributed by atoms with Crippen molar-refractivity contribution >= 4 is 50.5 Å². The Labute approximate surface area is 190 Å². The smallest absolute Gasteiger partial charge is 0.265 e. The van der Waals surface area contributed by atoms with E-state index in [0.717, 1.165) is 11.6 Å². The predicted octanol–water partition coefficient (Wildman–Crippen LogP) is 5.91. The van der Waals surface area contributed by atoms with Crippen molar-refractivity contribution in [1.29, 1.82) is 0 Å². The molecule has 31 heavy (non-hydrogen) atoms. The highest BCUT2D eigenvalue weighted by molar-refractivity contribution is 7.93. The fourth-order valence-corrected chi connectivity index (χ4v) is 5.34. The average Bonchev–Trinajstić information content (AvgIpc) is 2.71. The SMILES string of the molecule is CCN(c1ccccc1)S(=O)(=O)c1cc(C(=O)Nc2cc(C)ccc2F)c(Cl)cc1Cl. The van der Waals surface area contributed by atoms with Crippen molar-refractivity contribution in [3.8, 4) is 0 Å². The second-order valence-electron chi connectivity index (χ2n) is 6.71. The van der Waals surface area contributed by atoms with E-state index in [1.165, 1.54) is 22.5 Å². The normalized spacial score (nSPS) is 11.3.